The van der Waals surface area contributed by atoms with Gasteiger partial charge in [-0.3, -0.25) is 4.98 Å². The van der Waals surface area contributed by atoms with Crippen LogP contribution in [0.2, 0.25) is 0 Å². The first-order valence-corrected chi connectivity index (χ1v) is 5.28. The van der Waals surface area contributed by atoms with E-state index in [9.17, 15) is 4.79 Å². The van der Waals surface area contributed by atoms with Crippen LogP contribution in [-0.4, -0.2) is 23.2 Å². The van der Waals surface area contributed by atoms with Crippen molar-refractivity contribution < 1.29 is 14.6 Å². The number of rotatable bonds is 3. The summed E-state index contributed by atoms with van der Waals surface area (Å²) in [6.45, 7) is 1.91. The number of benzene rings is 1. The Hall–Kier alpha value is -1.94. The maximum atomic E-state index is 11.1. The fourth-order valence-corrected chi connectivity index (χ4v) is 1.74. The molecule has 0 aliphatic rings. The van der Waals surface area contributed by atoms with E-state index in [1.165, 1.54) is 12.3 Å². The largest absolute Gasteiger partial charge is 0.478 e. The molecule has 0 radical (unpaired) electrons. The lowest BCUT2D eigenvalue weighted by Gasteiger charge is -2.11. The lowest BCUT2D eigenvalue weighted by molar-refractivity contribution is 0.0699. The first kappa shape index (κ1) is 11.5. The van der Waals surface area contributed by atoms with Gasteiger partial charge in [0, 0.05) is 18.7 Å². The molecule has 1 N–H and O–H groups in total. The zero-order chi connectivity index (χ0) is 12.4. The van der Waals surface area contributed by atoms with E-state index in [0.29, 0.717) is 10.9 Å². The molecule has 2 rings (SSSR count). The van der Waals surface area contributed by atoms with Crippen LogP contribution in [-0.2, 0) is 4.74 Å². The molecule has 0 aliphatic carbocycles. The molecule has 1 atom stereocenters. The third-order valence-corrected chi connectivity index (χ3v) is 2.82. The lowest BCUT2D eigenvalue weighted by atomic mass is 10.0. The van der Waals surface area contributed by atoms with E-state index >= 15 is 0 Å². The molecule has 88 valence electrons. The Balaban J connectivity index is 2.65. The van der Waals surface area contributed by atoms with Crippen LogP contribution in [0, 0.1) is 0 Å². The summed E-state index contributed by atoms with van der Waals surface area (Å²) in [6.07, 6.45) is 1.44. The Morgan fingerprint density at radius 3 is 2.82 bits per heavy atom. The quantitative estimate of drug-likeness (QED) is 0.882. The number of nitrogens with zero attached hydrogens (tertiary/aromatic N) is 1. The Morgan fingerprint density at radius 2 is 2.18 bits per heavy atom. The van der Waals surface area contributed by atoms with Crippen molar-refractivity contribution in [3.05, 3.63) is 41.6 Å². The maximum absolute atomic E-state index is 11.1. The van der Waals surface area contributed by atoms with Crippen molar-refractivity contribution in [1.82, 2.24) is 4.98 Å². The number of aromatic carboxylic acids is 1. The molecule has 0 fully saturated rings. The van der Waals surface area contributed by atoms with Gasteiger partial charge in [0.15, 0.2) is 0 Å². The van der Waals surface area contributed by atoms with Crippen LogP contribution in [0.1, 0.15) is 28.9 Å². The van der Waals surface area contributed by atoms with E-state index in [4.69, 9.17) is 9.84 Å². The second-order valence-electron chi connectivity index (χ2n) is 3.82. The number of carboxylic acids is 1. The predicted octanol–water partition coefficient (Wildman–Crippen LogP) is 2.64. The van der Waals surface area contributed by atoms with Crippen molar-refractivity contribution in [2.75, 3.05) is 7.11 Å². The molecule has 4 nitrogen and oxygen atoms in total. The van der Waals surface area contributed by atoms with Gasteiger partial charge in [-0.2, -0.15) is 0 Å². The third-order valence-electron chi connectivity index (χ3n) is 2.82. The molecule has 0 amide bonds. The smallest absolute Gasteiger partial charge is 0.336 e. The van der Waals surface area contributed by atoms with Crippen LogP contribution in [0.15, 0.2) is 30.5 Å². The highest BCUT2D eigenvalue weighted by Gasteiger charge is 2.11. The summed E-state index contributed by atoms with van der Waals surface area (Å²) >= 11 is 0. The van der Waals surface area contributed by atoms with Gasteiger partial charge >= 0.3 is 5.97 Å². The molecule has 1 unspecified atom stereocenters. The molecule has 1 aromatic carbocycles. The van der Waals surface area contributed by atoms with Gasteiger partial charge in [0.1, 0.15) is 0 Å². The number of carboxylic acid groups (broad SMARTS) is 1. The third kappa shape index (κ3) is 2.12. The van der Waals surface area contributed by atoms with Gasteiger partial charge in [0.25, 0.3) is 0 Å². The van der Waals surface area contributed by atoms with Gasteiger partial charge in [-0.25, -0.2) is 4.79 Å². The minimum atomic E-state index is -0.945. The second kappa shape index (κ2) is 4.51. The summed E-state index contributed by atoms with van der Waals surface area (Å²) in [6, 6.07) is 7.04. The van der Waals surface area contributed by atoms with E-state index < -0.39 is 5.97 Å². The van der Waals surface area contributed by atoms with Crippen LogP contribution in [0.25, 0.3) is 10.9 Å². The maximum Gasteiger partial charge on any atom is 0.336 e. The SMILES string of the molecule is COC(C)c1ccc2nccc(C(=O)O)c2c1. The van der Waals surface area contributed by atoms with Crippen LogP contribution < -0.4 is 0 Å². The Kier molecular flexibility index (Phi) is 3.06. The van der Waals surface area contributed by atoms with Crippen molar-refractivity contribution in [3.63, 3.8) is 0 Å². The molecule has 0 bridgehead atoms. The number of aromatic nitrogens is 1. The number of hydrogen-bond donors (Lipinski definition) is 1. The number of hydrogen-bond acceptors (Lipinski definition) is 3. The Morgan fingerprint density at radius 1 is 1.41 bits per heavy atom. The number of ether oxygens (including phenoxy) is 1. The topological polar surface area (TPSA) is 59.4 Å². The van der Waals surface area contributed by atoms with Crippen LogP contribution in [0.5, 0.6) is 0 Å². The van der Waals surface area contributed by atoms with E-state index in [2.05, 4.69) is 4.98 Å². The zero-order valence-corrected chi connectivity index (χ0v) is 9.68. The highest BCUT2D eigenvalue weighted by atomic mass is 16.5. The Labute approximate surface area is 98.9 Å². The van der Waals surface area contributed by atoms with Gasteiger partial charge in [-0.15, -0.1) is 0 Å². The van der Waals surface area contributed by atoms with Crippen molar-refractivity contribution in [3.8, 4) is 0 Å². The van der Waals surface area contributed by atoms with Crippen molar-refractivity contribution in [2.45, 2.75) is 13.0 Å². The van der Waals surface area contributed by atoms with Gasteiger partial charge < -0.3 is 9.84 Å². The molecule has 0 saturated carbocycles. The summed E-state index contributed by atoms with van der Waals surface area (Å²) in [7, 11) is 1.62. The van der Waals surface area contributed by atoms with E-state index in [1.54, 1.807) is 7.11 Å². The van der Waals surface area contributed by atoms with Crippen molar-refractivity contribution in [1.29, 1.82) is 0 Å². The zero-order valence-electron chi connectivity index (χ0n) is 9.68. The standard InChI is InChI=1S/C13H13NO3/c1-8(17-2)9-3-4-12-11(7-9)10(13(15)16)5-6-14-12/h3-8H,1-2H3,(H,15,16). The fraction of sp³-hybridized carbons (Fsp3) is 0.231. The molecule has 1 aromatic heterocycles. The number of pyridine rings is 1. The molecule has 4 heteroatoms. The highest BCUT2D eigenvalue weighted by Crippen LogP contribution is 2.23. The van der Waals surface area contributed by atoms with Crippen molar-refractivity contribution >= 4 is 16.9 Å². The number of carbonyl (C=O) groups is 1. The monoisotopic (exact) mass is 231 g/mol. The minimum absolute atomic E-state index is 0.0683. The van der Waals surface area contributed by atoms with Gasteiger partial charge in [0.05, 0.1) is 17.2 Å². The summed E-state index contributed by atoms with van der Waals surface area (Å²) in [5.74, 6) is -0.945. The molecular weight excluding hydrogens is 218 g/mol. The average molecular weight is 231 g/mol. The van der Waals surface area contributed by atoms with E-state index in [1.807, 2.05) is 25.1 Å². The summed E-state index contributed by atoms with van der Waals surface area (Å²) in [4.78, 5) is 15.3. The second-order valence-corrected chi connectivity index (χ2v) is 3.82. The fourth-order valence-electron chi connectivity index (χ4n) is 1.74. The molecule has 0 aliphatic heterocycles. The first-order valence-electron chi connectivity index (χ1n) is 5.28. The summed E-state index contributed by atoms with van der Waals surface area (Å²) in [5.41, 5.74) is 1.88. The van der Waals surface area contributed by atoms with Gasteiger partial charge in [0.2, 0.25) is 0 Å². The molecule has 1 heterocycles. The molecule has 0 spiro atoms. The van der Waals surface area contributed by atoms with E-state index in [0.717, 1.165) is 5.56 Å². The molecule has 0 saturated heterocycles. The summed E-state index contributed by atoms with van der Waals surface area (Å²) < 4.78 is 5.22. The molecule has 2 aromatic rings. The van der Waals surface area contributed by atoms with Crippen LogP contribution in [0.4, 0.5) is 0 Å². The predicted molar refractivity (Wildman–Crippen MR) is 64.1 cm³/mol. The summed E-state index contributed by atoms with van der Waals surface area (Å²) in [5, 5.41) is 9.75. The highest BCUT2D eigenvalue weighted by molar-refractivity contribution is 6.02. The van der Waals surface area contributed by atoms with Gasteiger partial charge in [-0.05, 0) is 30.7 Å². The molecular formula is C13H13NO3. The van der Waals surface area contributed by atoms with Crippen molar-refractivity contribution in [2.24, 2.45) is 0 Å². The minimum Gasteiger partial charge on any atom is -0.478 e. The number of methoxy groups -OCH3 is 1. The molecule has 17 heavy (non-hydrogen) atoms. The average Bonchev–Trinajstić information content (AvgIpc) is 2.36. The van der Waals surface area contributed by atoms with Crippen LogP contribution >= 0.6 is 0 Å². The Bertz CT molecular complexity index is 566. The lowest BCUT2D eigenvalue weighted by Crippen LogP contribution is -2.00. The normalized spacial score (nSPS) is 12.6. The van der Waals surface area contributed by atoms with Crippen LogP contribution in [0.3, 0.4) is 0 Å². The van der Waals surface area contributed by atoms with E-state index in [-0.39, 0.29) is 11.7 Å². The number of fused-ring (bicyclic) bond motifs is 1. The first-order chi connectivity index (χ1) is 8.13. The van der Waals surface area contributed by atoms with Gasteiger partial charge in [-0.1, -0.05) is 6.07 Å².